The molecule has 0 saturated carbocycles. The standard InChI is InChI=1S/C49H86N2O7/c1-3-5-7-9-11-13-14-15-16-17-18-19-20-21-22-23-24-25-27-33-37-41-48(55)58-44(38-34-30-26-12-10-8-6-4-2)39-35-31-28-29-32-36-40-46(53)50-42-47(54)51-45(43-52)49(56)57/h14-15,17-18,20-21,34,38,44-45,52H,3-13,16,19,22-33,35-37,39-43H2,1-2H3,(H,50,53)(H,51,54)(H,56,57)/b15-14-,18-17-,21-20-,38-34-. The number of hydrogen-bond donors (Lipinski definition) is 4. The molecule has 4 N–H and O–H groups in total. The van der Waals surface area contributed by atoms with E-state index in [1.54, 1.807) is 0 Å². The van der Waals surface area contributed by atoms with Crippen molar-refractivity contribution in [3.8, 4) is 0 Å². The summed E-state index contributed by atoms with van der Waals surface area (Å²) in [4.78, 5) is 47.5. The molecule has 0 aliphatic rings. The van der Waals surface area contributed by atoms with Gasteiger partial charge in [0.05, 0.1) is 13.2 Å². The summed E-state index contributed by atoms with van der Waals surface area (Å²) in [7, 11) is 0. The number of carboxylic acid groups (broad SMARTS) is 1. The quantitative estimate of drug-likeness (QED) is 0.0273. The maximum absolute atomic E-state index is 12.8. The van der Waals surface area contributed by atoms with Gasteiger partial charge in [-0.1, -0.05) is 166 Å². The summed E-state index contributed by atoms with van der Waals surface area (Å²) >= 11 is 0. The van der Waals surface area contributed by atoms with E-state index in [1.165, 1.54) is 96.3 Å². The van der Waals surface area contributed by atoms with Crippen LogP contribution in [-0.2, 0) is 23.9 Å². The number of hydrogen-bond acceptors (Lipinski definition) is 6. The zero-order valence-corrected chi connectivity index (χ0v) is 37.0. The number of aliphatic hydroxyl groups excluding tert-OH is 1. The molecule has 0 aliphatic carbocycles. The Labute approximate surface area is 354 Å². The van der Waals surface area contributed by atoms with Gasteiger partial charge < -0.3 is 25.6 Å². The summed E-state index contributed by atoms with van der Waals surface area (Å²) in [6, 6.07) is -1.38. The predicted molar refractivity (Wildman–Crippen MR) is 241 cm³/mol. The molecule has 0 aromatic heterocycles. The number of carbonyl (C=O) groups is 4. The number of carboxylic acids is 1. The largest absolute Gasteiger partial charge is 0.480 e. The molecule has 334 valence electrons. The van der Waals surface area contributed by atoms with Crippen LogP contribution in [0.2, 0.25) is 0 Å². The lowest BCUT2D eigenvalue weighted by molar-refractivity contribution is -0.147. The Morgan fingerprint density at radius 3 is 1.50 bits per heavy atom. The molecule has 0 aromatic rings. The van der Waals surface area contributed by atoms with Crippen molar-refractivity contribution >= 4 is 23.8 Å². The number of rotatable bonds is 42. The number of aliphatic carboxylic acids is 1. The first-order chi connectivity index (χ1) is 28.3. The lowest BCUT2D eigenvalue weighted by Gasteiger charge is -2.15. The average molecular weight is 815 g/mol. The fourth-order valence-electron chi connectivity index (χ4n) is 6.63. The zero-order valence-electron chi connectivity index (χ0n) is 37.0. The Balaban J connectivity index is 4.19. The molecule has 0 radical (unpaired) electrons. The molecule has 0 aromatic carbocycles. The van der Waals surface area contributed by atoms with Gasteiger partial charge in [-0.25, -0.2) is 4.79 Å². The molecule has 2 atom stereocenters. The van der Waals surface area contributed by atoms with Crippen molar-refractivity contribution in [1.29, 1.82) is 0 Å². The molecule has 0 bridgehead atoms. The molecular weight excluding hydrogens is 729 g/mol. The second-order valence-electron chi connectivity index (χ2n) is 15.8. The van der Waals surface area contributed by atoms with E-state index in [-0.39, 0.29) is 24.5 Å². The van der Waals surface area contributed by atoms with Gasteiger partial charge in [-0.05, 0) is 83.1 Å². The number of ether oxygens (including phenoxy) is 1. The Kier molecular flexibility index (Phi) is 41.0. The highest BCUT2D eigenvalue weighted by atomic mass is 16.5. The number of esters is 1. The van der Waals surface area contributed by atoms with E-state index in [0.717, 1.165) is 83.5 Å². The highest BCUT2D eigenvalue weighted by Crippen LogP contribution is 2.16. The molecule has 0 heterocycles. The third-order valence-electron chi connectivity index (χ3n) is 10.3. The van der Waals surface area contributed by atoms with E-state index in [2.05, 4.69) is 73.1 Å². The van der Waals surface area contributed by atoms with Crippen LogP contribution >= 0.6 is 0 Å². The van der Waals surface area contributed by atoms with Gasteiger partial charge in [0.25, 0.3) is 0 Å². The summed E-state index contributed by atoms with van der Waals surface area (Å²) < 4.78 is 5.95. The average Bonchev–Trinajstić information content (AvgIpc) is 3.21. The molecule has 2 unspecified atom stereocenters. The van der Waals surface area contributed by atoms with E-state index >= 15 is 0 Å². The van der Waals surface area contributed by atoms with Crippen molar-refractivity contribution in [1.82, 2.24) is 10.6 Å². The molecule has 9 nitrogen and oxygen atoms in total. The van der Waals surface area contributed by atoms with Crippen LogP contribution in [-0.4, -0.2) is 59.3 Å². The monoisotopic (exact) mass is 815 g/mol. The van der Waals surface area contributed by atoms with E-state index in [1.807, 2.05) is 0 Å². The first-order valence-corrected chi connectivity index (χ1v) is 23.5. The number of amides is 2. The van der Waals surface area contributed by atoms with Crippen LogP contribution in [0.15, 0.2) is 48.6 Å². The minimum atomic E-state index is -1.38. The van der Waals surface area contributed by atoms with Crippen LogP contribution in [0.3, 0.4) is 0 Å². The van der Waals surface area contributed by atoms with Crippen LogP contribution in [0.4, 0.5) is 0 Å². The molecule has 2 amide bonds. The third kappa shape index (κ3) is 39.6. The Bertz CT molecular complexity index is 1120. The highest BCUT2D eigenvalue weighted by Gasteiger charge is 2.18. The van der Waals surface area contributed by atoms with E-state index < -0.39 is 24.5 Å². The lowest BCUT2D eigenvalue weighted by Crippen LogP contribution is -2.47. The van der Waals surface area contributed by atoms with Gasteiger partial charge in [-0.3, -0.25) is 14.4 Å². The van der Waals surface area contributed by atoms with Gasteiger partial charge in [0.15, 0.2) is 0 Å². The molecule has 0 rings (SSSR count). The van der Waals surface area contributed by atoms with Crippen LogP contribution in [0.25, 0.3) is 0 Å². The maximum Gasteiger partial charge on any atom is 0.328 e. The number of nitrogens with one attached hydrogen (secondary N) is 2. The summed E-state index contributed by atoms with van der Waals surface area (Å²) in [5, 5.41) is 22.5. The summed E-state index contributed by atoms with van der Waals surface area (Å²) in [6.45, 7) is 3.46. The number of allylic oxidation sites excluding steroid dienone is 7. The molecule has 0 saturated heterocycles. The smallest absolute Gasteiger partial charge is 0.328 e. The third-order valence-corrected chi connectivity index (χ3v) is 10.3. The van der Waals surface area contributed by atoms with Crippen molar-refractivity contribution in [2.45, 2.75) is 225 Å². The van der Waals surface area contributed by atoms with Crippen molar-refractivity contribution < 1.29 is 34.1 Å². The first-order valence-electron chi connectivity index (χ1n) is 23.5. The van der Waals surface area contributed by atoms with Crippen molar-refractivity contribution in [3.63, 3.8) is 0 Å². The molecule has 58 heavy (non-hydrogen) atoms. The molecule has 0 spiro atoms. The Hall–Kier alpha value is -3.20. The van der Waals surface area contributed by atoms with Crippen LogP contribution < -0.4 is 10.6 Å². The first kappa shape index (κ1) is 54.8. The van der Waals surface area contributed by atoms with Gasteiger partial charge in [0, 0.05) is 12.8 Å². The lowest BCUT2D eigenvalue weighted by atomic mass is 10.0. The maximum atomic E-state index is 12.8. The van der Waals surface area contributed by atoms with Crippen molar-refractivity contribution in [2.75, 3.05) is 13.2 Å². The van der Waals surface area contributed by atoms with Gasteiger partial charge >= 0.3 is 11.9 Å². The Morgan fingerprint density at radius 2 is 0.983 bits per heavy atom. The summed E-state index contributed by atoms with van der Waals surface area (Å²) in [6.07, 6.45) is 51.6. The van der Waals surface area contributed by atoms with Crippen LogP contribution in [0.5, 0.6) is 0 Å². The van der Waals surface area contributed by atoms with E-state index in [0.29, 0.717) is 19.3 Å². The van der Waals surface area contributed by atoms with Gasteiger partial charge in [-0.15, -0.1) is 0 Å². The van der Waals surface area contributed by atoms with Crippen molar-refractivity contribution in [3.05, 3.63) is 48.6 Å². The fraction of sp³-hybridized carbons (Fsp3) is 0.755. The van der Waals surface area contributed by atoms with Gasteiger partial charge in [0.2, 0.25) is 11.8 Å². The Morgan fingerprint density at radius 1 is 0.534 bits per heavy atom. The summed E-state index contributed by atoms with van der Waals surface area (Å²) in [5.74, 6) is -2.34. The highest BCUT2D eigenvalue weighted by molar-refractivity contribution is 5.87. The topological polar surface area (TPSA) is 142 Å². The van der Waals surface area contributed by atoms with Gasteiger partial charge in [-0.2, -0.15) is 0 Å². The zero-order chi connectivity index (χ0) is 42.6. The molecule has 9 heteroatoms. The van der Waals surface area contributed by atoms with Crippen molar-refractivity contribution in [2.24, 2.45) is 0 Å². The second-order valence-corrected chi connectivity index (χ2v) is 15.8. The van der Waals surface area contributed by atoms with E-state index in [9.17, 15) is 19.2 Å². The number of carbonyl (C=O) groups excluding carboxylic acids is 3. The molecular formula is C49H86N2O7. The molecule has 0 fully saturated rings. The number of aliphatic hydroxyl groups is 1. The van der Waals surface area contributed by atoms with E-state index in [4.69, 9.17) is 14.9 Å². The number of unbranched alkanes of at least 4 members (excludes halogenated alkanes) is 22. The minimum Gasteiger partial charge on any atom is -0.480 e. The van der Waals surface area contributed by atoms with Crippen LogP contribution in [0, 0.1) is 0 Å². The second kappa shape index (κ2) is 43.4. The fourth-order valence-corrected chi connectivity index (χ4v) is 6.63. The van der Waals surface area contributed by atoms with Crippen LogP contribution in [0.1, 0.15) is 213 Å². The minimum absolute atomic E-state index is 0.0897. The van der Waals surface area contributed by atoms with Gasteiger partial charge in [0.1, 0.15) is 12.1 Å². The normalized spacial score (nSPS) is 12.9. The summed E-state index contributed by atoms with van der Waals surface area (Å²) in [5.41, 5.74) is 0. The SMILES string of the molecule is CCCCCCC/C=C\C/C=C\C/C=C\CCCCCCCCC(=O)OC(/C=C\CCCCCCCC)CCCCCCCCC(=O)NCC(=O)NC(CO)C(=O)O. The predicted octanol–water partition coefficient (Wildman–Crippen LogP) is 11.9. The molecule has 0 aliphatic heterocycles.